The summed E-state index contributed by atoms with van der Waals surface area (Å²) in [6.07, 6.45) is 4.20. The maximum Gasteiger partial charge on any atom is 0.235 e. The zero-order valence-electron chi connectivity index (χ0n) is 9.27. The van der Waals surface area contributed by atoms with Gasteiger partial charge in [0.25, 0.3) is 0 Å². The number of benzene rings is 1. The second-order valence-corrected chi connectivity index (χ2v) is 5.30. The fourth-order valence-electron chi connectivity index (χ4n) is 3.02. The number of halogens is 1. The molecule has 1 heterocycles. The molecule has 1 spiro atoms. The van der Waals surface area contributed by atoms with E-state index in [2.05, 4.69) is 5.32 Å². The van der Waals surface area contributed by atoms with Crippen LogP contribution in [0.3, 0.4) is 0 Å². The first-order chi connectivity index (χ1) is 7.63. The predicted molar refractivity (Wildman–Crippen MR) is 65.0 cm³/mol. The Bertz CT molecular complexity index is 475. The predicted octanol–water partition coefficient (Wildman–Crippen LogP) is 3.41. The number of nitrogens with one attached hydrogen (secondary N) is 1. The molecule has 0 unspecified atom stereocenters. The standard InChI is InChI=1S/C13H14ClNO/c1-8-6-11-9(7-10(8)14)13(12(16)15-11)4-2-3-5-13/h6-7H,2-5H2,1H3,(H,15,16). The molecule has 0 bridgehead atoms. The van der Waals surface area contributed by atoms with E-state index in [9.17, 15) is 4.79 Å². The van der Waals surface area contributed by atoms with E-state index >= 15 is 0 Å². The third-order valence-electron chi connectivity index (χ3n) is 3.95. The zero-order valence-corrected chi connectivity index (χ0v) is 10.0. The van der Waals surface area contributed by atoms with Gasteiger partial charge < -0.3 is 5.32 Å². The highest BCUT2D eigenvalue weighted by Crippen LogP contribution is 2.49. The van der Waals surface area contributed by atoms with Crippen molar-refractivity contribution in [2.75, 3.05) is 5.32 Å². The summed E-state index contributed by atoms with van der Waals surface area (Å²) in [5, 5.41) is 3.77. The third kappa shape index (κ3) is 1.17. The summed E-state index contributed by atoms with van der Waals surface area (Å²) < 4.78 is 0. The minimum absolute atomic E-state index is 0.168. The van der Waals surface area contributed by atoms with E-state index in [0.717, 1.165) is 47.5 Å². The Kier molecular flexibility index (Phi) is 2.05. The van der Waals surface area contributed by atoms with E-state index < -0.39 is 0 Å². The van der Waals surface area contributed by atoms with E-state index in [0.29, 0.717) is 0 Å². The number of hydrogen-bond acceptors (Lipinski definition) is 1. The first kappa shape index (κ1) is 10.2. The van der Waals surface area contributed by atoms with Gasteiger partial charge in [-0.05, 0) is 43.0 Å². The van der Waals surface area contributed by atoms with Gasteiger partial charge in [0.1, 0.15) is 0 Å². The van der Waals surface area contributed by atoms with Crippen LogP contribution in [-0.2, 0) is 10.2 Å². The monoisotopic (exact) mass is 235 g/mol. The fraction of sp³-hybridized carbons (Fsp3) is 0.462. The second-order valence-electron chi connectivity index (χ2n) is 4.89. The minimum atomic E-state index is -0.271. The maximum absolute atomic E-state index is 12.1. The molecule has 84 valence electrons. The molecule has 0 atom stereocenters. The Hall–Kier alpha value is -1.02. The van der Waals surface area contributed by atoms with Crippen LogP contribution in [0.15, 0.2) is 12.1 Å². The van der Waals surface area contributed by atoms with Crippen LogP contribution in [0.25, 0.3) is 0 Å². The molecule has 0 radical (unpaired) electrons. The van der Waals surface area contributed by atoms with E-state index in [4.69, 9.17) is 11.6 Å². The largest absolute Gasteiger partial charge is 0.325 e. The summed E-state index contributed by atoms with van der Waals surface area (Å²) in [7, 11) is 0. The van der Waals surface area contributed by atoms with Crippen LogP contribution in [0.5, 0.6) is 0 Å². The Balaban J connectivity index is 2.20. The molecule has 1 aromatic rings. The molecule has 0 aromatic heterocycles. The lowest BCUT2D eigenvalue weighted by atomic mass is 9.80. The molecule has 1 aliphatic heterocycles. The molecule has 1 N–H and O–H groups in total. The molecule has 16 heavy (non-hydrogen) atoms. The molecule has 2 nitrogen and oxygen atoms in total. The maximum atomic E-state index is 12.1. The highest BCUT2D eigenvalue weighted by Gasteiger charge is 2.48. The average molecular weight is 236 g/mol. The lowest BCUT2D eigenvalue weighted by Crippen LogP contribution is -2.30. The number of carbonyl (C=O) groups excluding carboxylic acids is 1. The van der Waals surface area contributed by atoms with Crippen molar-refractivity contribution < 1.29 is 4.79 Å². The highest BCUT2D eigenvalue weighted by molar-refractivity contribution is 6.31. The average Bonchev–Trinajstić information content (AvgIpc) is 2.80. The lowest BCUT2D eigenvalue weighted by Gasteiger charge is -2.20. The number of carbonyl (C=O) groups is 1. The number of rotatable bonds is 0. The van der Waals surface area contributed by atoms with Crippen LogP contribution in [0, 0.1) is 6.92 Å². The van der Waals surface area contributed by atoms with Crippen molar-refractivity contribution in [1.29, 1.82) is 0 Å². The van der Waals surface area contributed by atoms with Crippen molar-refractivity contribution in [1.82, 2.24) is 0 Å². The van der Waals surface area contributed by atoms with E-state index in [-0.39, 0.29) is 11.3 Å². The number of amides is 1. The SMILES string of the molecule is Cc1cc2c(cc1Cl)C1(CCCC1)C(=O)N2. The smallest absolute Gasteiger partial charge is 0.235 e. The summed E-state index contributed by atoms with van der Waals surface area (Å²) in [6.45, 7) is 1.97. The first-order valence-corrected chi connectivity index (χ1v) is 6.13. The molecule has 1 amide bonds. The van der Waals surface area contributed by atoms with E-state index in [1.807, 2.05) is 19.1 Å². The van der Waals surface area contributed by atoms with Gasteiger partial charge in [-0.3, -0.25) is 4.79 Å². The van der Waals surface area contributed by atoms with Crippen molar-refractivity contribution in [2.24, 2.45) is 0 Å². The van der Waals surface area contributed by atoms with Gasteiger partial charge >= 0.3 is 0 Å². The van der Waals surface area contributed by atoms with Crippen LogP contribution >= 0.6 is 11.6 Å². The molecular formula is C13H14ClNO. The zero-order chi connectivity index (χ0) is 11.3. The van der Waals surface area contributed by atoms with E-state index in [1.165, 1.54) is 0 Å². The van der Waals surface area contributed by atoms with Crippen LogP contribution in [-0.4, -0.2) is 5.91 Å². The van der Waals surface area contributed by atoms with E-state index in [1.54, 1.807) is 0 Å². The summed E-state index contributed by atoms with van der Waals surface area (Å²) in [4.78, 5) is 12.1. The molecular weight excluding hydrogens is 222 g/mol. The molecule has 2 aliphatic rings. The van der Waals surface area contributed by atoms with Crippen LogP contribution < -0.4 is 5.32 Å². The second kappa shape index (κ2) is 3.24. The third-order valence-corrected chi connectivity index (χ3v) is 4.36. The number of anilines is 1. The van der Waals surface area contributed by atoms with Gasteiger partial charge in [0.05, 0.1) is 5.41 Å². The molecule has 0 saturated heterocycles. The normalized spacial score (nSPS) is 21.2. The Morgan fingerprint density at radius 3 is 2.69 bits per heavy atom. The summed E-state index contributed by atoms with van der Waals surface area (Å²) in [6, 6.07) is 3.97. The Morgan fingerprint density at radius 1 is 1.31 bits per heavy atom. The van der Waals surface area contributed by atoms with Crippen LogP contribution in [0.2, 0.25) is 5.02 Å². The quantitative estimate of drug-likeness (QED) is 0.734. The van der Waals surface area contributed by atoms with Crippen LogP contribution in [0.4, 0.5) is 5.69 Å². The minimum Gasteiger partial charge on any atom is -0.325 e. The number of fused-ring (bicyclic) bond motifs is 2. The van der Waals surface area contributed by atoms with Gasteiger partial charge in [-0.15, -0.1) is 0 Å². The van der Waals surface area contributed by atoms with Crippen LogP contribution in [0.1, 0.15) is 36.8 Å². The van der Waals surface area contributed by atoms with Gasteiger partial charge in [0.2, 0.25) is 5.91 Å². The highest BCUT2D eigenvalue weighted by atomic mass is 35.5. The first-order valence-electron chi connectivity index (χ1n) is 5.75. The molecule has 1 aliphatic carbocycles. The Morgan fingerprint density at radius 2 is 2.00 bits per heavy atom. The lowest BCUT2D eigenvalue weighted by molar-refractivity contribution is -0.120. The molecule has 1 aromatic carbocycles. The topological polar surface area (TPSA) is 29.1 Å². The van der Waals surface area contributed by atoms with Crippen molar-refractivity contribution in [2.45, 2.75) is 38.0 Å². The number of hydrogen-bond donors (Lipinski definition) is 1. The van der Waals surface area contributed by atoms with Crippen molar-refractivity contribution in [3.05, 3.63) is 28.3 Å². The molecule has 1 fully saturated rings. The van der Waals surface area contributed by atoms with Gasteiger partial charge in [0, 0.05) is 10.7 Å². The summed E-state index contributed by atoms with van der Waals surface area (Å²) in [5.41, 5.74) is 2.84. The van der Waals surface area contributed by atoms with Gasteiger partial charge in [-0.1, -0.05) is 24.4 Å². The van der Waals surface area contributed by atoms with Gasteiger partial charge in [-0.2, -0.15) is 0 Å². The summed E-state index contributed by atoms with van der Waals surface area (Å²) >= 11 is 6.16. The van der Waals surface area contributed by atoms with Gasteiger partial charge in [0.15, 0.2) is 0 Å². The van der Waals surface area contributed by atoms with Crippen molar-refractivity contribution >= 4 is 23.2 Å². The van der Waals surface area contributed by atoms with Gasteiger partial charge in [-0.25, -0.2) is 0 Å². The molecule has 1 saturated carbocycles. The Labute approximate surface area is 100.0 Å². The van der Waals surface area contributed by atoms with Crippen molar-refractivity contribution in [3.63, 3.8) is 0 Å². The molecule has 3 heteroatoms. The molecule has 3 rings (SSSR count). The number of aryl methyl sites for hydroxylation is 1. The van der Waals surface area contributed by atoms with Crippen molar-refractivity contribution in [3.8, 4) is 0 Å². The fourth-order valence-corrected chi connectivity index (χ4v) is 3.18. The summed E-state index contributed by atoms with van der Waals surface area (Å²) in [5.74, 6) is 0.168.